The number of para-hydroxylation sites is 2. The van der Waals surface area contributed by atoms with Gasteiger partial charge in [-0.15, -0.1) is 0 Å². The summed E-state index contributed by atoms with van der Waals surface area (Å²) in [4.78, 5) is 93.6. The van der Waals surface area contributed by atoms with Gasteiger partial charge in [-0.2, -0.15) is 22.1 Å². The van der Waals surface area contributed by atoms with E-state index in [-0.39, 0.29) is 110 Å². The molecular weight excluding hydrogens is 2000 g/mol. The molecule has 0 bridgehead atoms. The molecular formula is C94H105N15O33S4. The van der Waals surface area contributed by atoms with E-state index in [1.807, 2.05) is 51.1 Å². The molecule has 778 valence electrons. The molecule has 0 aromatic heterocycles. The molecule has 0 unspecified atom stereocenters. The second-order valence-corrected chi connectivity index (χ2v) is 33.9. The second-order valence-electron chi connectivity index (χ2n) is 28.0. The summed E-state index contributed by atoms with van der Waals surface area (Å²) >= 11 is 0. The highest BCUT2D eigenvalue weighted by molar-refractivity contribution is 8.19. The minimum atomic E-state index is -4.11. The number of anilines is 13. The van der Waals surface area contributed by atoms with Crippen LogP contribution in [0.25, 0.3) is 0 Å². The second kappa shape index (κ2) is 60.9. The molecule has 13 aromatic carbocycles. The van der Waals surface area contributed by atoms with E-state index in [2.05, 4.69) is 0 Å². The van der Waals surface area contributed by atoms with E-state index in [4.69, 9.17) is 173 Å². The normalized spacial score (nSPS) is 10.1. The predicted octanol–water partition coefficient (Wildman–Crippen LogP) is 12.2. The van der Waals surface area contributed by atoms with E-state index < -0.39 is 94.9 Å². The monoisotopic (exact) mass is 2100 g/mol. The van der Waals surface area contributed by atoms with Gasteiger partial charge < -0.3 is 153 Å². The van der Waals surface area contributed by atoms with Gasteiger partial charge in [0.1, 0.15) is 33.9 Å². The molecule has 0 aliphatic carbocycles. The minimum absolute atomic E-state index is 0.0125. The Bertz CT molecular complexity index is 7020. The number of aromatic carboxylic acids is 9. The van der Waals surface area contributed by atoms with Crippen LogP contribution >= 0.6 is 10.9 Å². The van der Waals surface area contributed by atoms with Gasteiger partial charge in [-0.05, 0) is 257 Å². The molecule has 0 fully saturated rings. The fourth-order valence-electron chi connectivity index (χ4n) is 9.86. The largest absolute Gasteiger partial charge is 0.506 e. The van der Waals surface area contributed by atoms with E-state index in [1.54, 1.807) is 84.9 Å². The van der Waals surface area contributed by atoms with Crippen molar-refractivity contribution in [1.29, 1.82) is 5.26 Å². The first-order valence-corrected chi connectivity index (χ1v) is 46.1. The lowest BCUT2D eigenvalue weighted by atomic mass is 10.1. The number of aromatic hydroxyl groups is 1. The zero-order valence-corrected chi connectivity index (χ0v) is 80.5. The number of sulfonamides is 1. The van der Waals surface area contributed by atoms with Crippen molar-refractivity contribution in [3.63, 3.8) is 0 Å². The number of nitrogens with two attached hydrogens (primary N) is 14. The summed E-state index contributed by atoms with van der Waals surface area (Å²) in [7, 11) is -14.1. The molecule has 43 N–H and O–H groups in total. The van der Waals surface area contributed by atoms with Gasteiger partial charge in [-0.25, -0.2) is 56.7 Å². The molecule has 0 aliphatic rings. The maximum atomic E-state index is 10.7. The third kappa shape index (κ3) is 48.1. The number of nitriles is 1. The summed E-state index contributed by atoms with van der Waals surface area (Å²) < 4.78 is 122. The number of rotatable bonds is 18. The quantitative estimate of drug-likeness (QED) is 0.0215. The van der Waals surface area contributed by atoms with Crippen LogP contribution in [0.15, 0.2) is 299 Å². The summed E-state index contributed by atoms with van der Waals surface area (Å²) in [5, 5.41) is 99.3. The van der Waals surface area contributed by atoms with Gasteiger partial charge >= 0.3 is 53.7 Å². The lowest BCUT2D eigenvalue weighted by Gasteiger charge is -2.20. The average Bonchev–Trinajstić information content (AvgIpc) is 0.844. The number of carboxylic acids is 9. The smallest absolute Gasteiger partial charge is 0.337 e. The summed E-state index contributed by atoms with van der Waals surface area (Å²) in [6.07, 6.45) is 0. The highest BCUT2D eigenvalue weighted by atomic mass is 32.3. The van der Waals surface area contributed by atoms with Gasteiger partial charge in [0, 0.05) is 62.6 Å². The molecule has 146 heavy (non-hydrogen) atoms. The first kappa shape index (κ1) is 125. The van der Waals surface area contributed by atoms with Crippen molar-refractivity contribution in [3.8, 4) is 29.1 Å². The van der Waals surface area contributed by atoms with Gasteiger partial charge in [0.2, 0.25) is 10.0 Å². The van der Waals surface area contributed by atoms with Crippen LogP contribution in [0.2, 0.25) is 0 Å². The van der Waals surface area contributed by atoms with Crippen LogP contribution in [0.1, 0.15) is 118 Å². The van der Waals surface area contributed by atoms with Crippen molar-refractivity contribution in [1.82, 2.24) is 0 Å². The molecule has 13 rings (SSSR count). The molecule has 0 aliphatic heterocycles. The summed E-state index contributed by atoms with van der Waals surface area (Å²) in [5.41, 5.74) is 75.5. The number of benzene rings is 13. The first-order valence-electron chi connectivity index (χ1n) is 40.2. The number of nitrogens with zero attached hydrogens (tertiary/aromatic N) is 1. The Balaban J connectivity index is 0.000000791. The molecule has 0 atom stereocenters. The van der Waals surface area contributed by atoms with Crippen molar-refractivity contribution in [2.75, 3.05) is 94.9 Å². The zero-order chi connectivity index (χ0) is 111. The van der Waals surface area contributed by atoms with Gasteiger partial charge in [0.25, 0.3) is 20.2 Å². The molecule has 13 aromatic rings. The molecule has 0 heterocycles. The predicted molar refractivity (Wildman–Crippen MR) is 548 cm³/mol. The topological polar surface area (TPSA) is 975 Å². The Morgan fingerprint density at radius 1 is 0.301 bits per heavy atom. The van der Waals surface area contributed by atoms with Gasteiger partial charge in [0.05, 0.1) is 113 Å². The molecule has 0 saturated carbocycles. The fourth-order valence-corrected chi connectivity index (χ4v) is 12.1. The van der Waals surface area contributed by atoms with Crippen molar-refractivity contribution in [2.24, 2.45) is 5.14 Å². The van der Waals surface area contributed by atoms with Crippen LogP contribution in [0.4, 0.5) is 73.9 Å². The van der Waals surface area contributed by atoms with Gasteiger partial charge in [0.15, 0.2) is 0 Å². The fraction of sp³-hybridized carbons (Fsp3) is 0.0638. The molecule has 0 spiro atoms. The van der Waals surface area contributed by atoms with Crippen LogP contribution in [-0.4, -0.2) is 173 Å². The van der Waals surface area contributed by atoms with E-state index in [0.717, 1.165) is 29.1 Å². The van der Waals surface area contributed by atoms with E-state index in [9.17, 15) is 68.4 Å². The highest BCUT2D eigenvalue weighted by Gasteiger charge is 2.19. The van der Waals surface area contributed by atoms with Crippen molar-refractivity contribution < 1.29 is 156 Å². The number of phenols is 1. The molecule has 52 heteroatoms. The Morgan fingerprint density at radius 2 is 0.664 bits per heavy atom. The molecule has 0 radical (unpaired) electrons. The average molecular weight is 2100 g/mol. The first-order chi connectivity index (χ1) is 67.9. The van der Waals surface area contributed by atoms with Crippen LogP contribution in [0.5, 0.6) is 23.0 Å². The molecule has 0 saturated heterocycles. The highest BCUT2D eigenvalue weighted by Crippen LogP contribution is 2.46. The number of aryl methyl sites for hydroxylation is 1. The van der Waals surface area contributed by atoms with Crippen molar-refractivity contribution in [3.05, 3.63) is 340 Å². The lowest BCUT2D eigenvalue weighted by Crippen LogP contribution is -2.12. The lowest BCUT2D eigenvalue weighted by molar-refractivity contribution is 0.0678. The van der Waals surface area contributed by atoms with Crippen molar-refractivity contribution in [2.45, 2.75) is 40.4 Å². The third-order valence-electron chi connectivity index (χ3n) is 16.9. The number of nitrogen functional groups attached to an aromatic ring is 13. The maximum absolute atomic E-state index is 10.7. The van der Waals surface area contributed by atoms with E-state index >= 15 is 0 Å². The van der Waals surface area contributed by atoms with E-state index in [1.165, 1.54) is 165 Å². The zero-order valence-electron chi connectivity index (χ0n) is 77.2. The summed E-state index contributed by atoms with van der Waals surface area (Å²) in [5.74, 6) is -7.74. The van der Waals surface area contributed by atoms with Crippen LogP contribution in [-0.2, 0) is 30.3 Å². The SMILES string of the molecule is CCOc1ccc(N)c(C(=O)O)c1.CCOc1ccc(N)cc1.COc1ccc(N)c(C(=O)O)c1.Cc1ccc(N)c(C(=O)O)c1.N#Cc1ccc(N)c(C(=O)O)c1.Nc1cc(C(=O)O)cc(C(=O)O)c1.Nc1cc(S(N)(=O)=O)ccc1O.Nc1ccc(C(=O)O)cc1.Nc1ccc(S(=O)(=O)O)cc1.Nc1cccc(C(=O)O)c1.Nc1cccc(S(=O)(=O)O)c1.Nc1ccccc1C(=O)O.Nc1ccccc1S(O)(O)O. The van der Waals surface area contributed by atoms with E-state index in [0.29, 0.717) is 64.4 Å². The number of phenolic OH excluding ortho intramolecular Hbond substituents is 1. The van der Waals surface area contributed by atoms with Crippen LogP contribution < -0.4 is 93.9 Å². The Labute approximate surface area is 835 Å². The summed E-state index contributed by atoms with van der Waals surface area (Å²) in [6.45, 7) is 6.81. The Morgan fingerprint density at radius 3 is 1.03 bits per heavy atom. The van der Waals surface area contributed by atoms with Crippen molar-refractivity contribution >= 4 is 169 Å². The summed E-state index contributed by atoms with van der Waals surface area (Å²) in [6, 6.07) is 69.7. The molecule has 48 nitrogen and oxygen atoms in total. The number of ether oxygens (including phenoxy) is 3. The van der Waals surface area contributed by atoms with Gasteiger partial charge in [-0.1, -0.05) is 48.0 Å². The molecule has 0 amide bonds. The van der Waals surface area contributed by atoms with Crippen LogP contribution in [0.3, 0.4) is 0 Å². The standard InChI is InChI=1S/C9H11NO3.C8H6N2O2.C8H7NO4.C8H9NO3.C8H9NO2.C8H11NO.3C7H7NO2.C6H8N2O3S.2C6H7NO3S.C6H9NO3S/c1-2-13-6-3-4-8(10)7(5-6)9(11)12;9-4-5-1-2-7(10)6(3-5)8(11)12;9-6-2-4(7(10)11)1-5(3-6)8(12)13;1-12-5-2-3-7(9)6(4-5)8(10)11;1-5-2-3-7(9)6(4-5)8(10)11;1-2-10-8-5-3-7(9)4-6-8;8-6-3-1-5(2-4-6)7(9)10;8-6-3-1-2-5(4-6)7(9)10;8-6-4-2-1-3-5(6)7(9)10;7-5-3-4(12(8,10)11)1-2-6(5)9;7-5-1-3-6(4-2-5)11(8,9)10;7-5-2-1-3-6(4-5)11(8,9)10;7-5-3-1-2-4-6(5)11(8,9)10/h3-5H,2,10H2,1H3,(H,11,12);1-3H,10H2,(H,11,12);1-3H,9H2,(H,10,11)(H,12,13);2-4H,9H2,1H3,(H,10,11);2-4H,9H2,1H3,(H,10,11);3-6H,2,9H2,1H3;3*1-4H,8H2,(H,9,10);1-3,9H,7H2,(H2,8,10,11);2*1-4H,7H2,(H,8,9,10);1-4,8-10H,7H2. The Kier molecular flexibility index (Phi) is 52.2. The van der Waals surface area contributed by atoms with Crippen LogP contribution in [0, 0.1) is 18.3 Å². The number of carboxylic acid groups (broad SMARTS) is 9. The number of primary sulfonamides is 1. The number of hydrogen-bond donors (Lipinski definition) is 29. The van der Waals surface area contributed by atoms with Gasteiger partial charge in [-0.3, -0.25) is 9.11 Å². The maximum Gasteiger partial charge on any atom is 0.337 e. The minimum Gasteiger partial charge on any atom is -0.506 e. The number of hydrogen-bond acceptors (Lipinski definition) is 36. The Hall–Kier alpha value is -18.9. The third-order valence-corrected chi connectivity index (χ3v) is 20.5. The number of carbonyl (C=O) groups is 9. The number of methoxy groups -OCH3 is 1.